The number of rotatable bonds is 5. The number of ether oxygens (including phenoxy) is 2. The molecule has 56 valence electrons. The van der Waals surface area contributed by atoms with Crippen LogP contribution in [0.2, 0.25) is 0 Å². The van der Waals surface area contributed by atoms with Crippen LogP contribution in [0.3, 0.4) is 0 Å². The molecule has 0 radical (unpaired) electrons. The van der Waals surface area contributed by atoms with E-state index in [2.05, 4.69) is 0 Å². The molecule has 0 aliphatic rings. The molecule has 0 saturated carbocycles. The van der Waals surface area contributed by atoms with Crippen LogP contribution in [0.25, 0.3) is 0 Å². The van der Waals surface area contributed by atoms with Crippen molar-refractivity contribution in [3.63, 3.8) is 0 Å². The Morgan fingerprint density at radius 1 is 1.33 bits per heavy atom. The molecule has 0 aliphatic carbocycles. The van der Waals surface area contributed by atoms with E-state index in [1.54, 1.807) is 14.2 Å². The predicted molar refractivity (Wildman–Crippen MR) is 34.1 cm³/mol. The third-order valence-corrected chi connectivity index (χ3v) is 1.12. The van der Waals surface area contributed by atoms with Gasteiger partial charge in [-0.15, -0.1) is 0 Å². The topological polar surface area (TPSA) is 38.7 Å². The zero-order chi connectivity index (χ0) is 7.11. The fraction of sp³-hybridized carbons (Fsp3) is 1.00. The third kappa shape index (κ3) is 4.39. The van der Waals surface area contributed by atoms with Gasteiger partial charge in [-0.3, -0.25) is 0 Å². The van der Waals surface area contributed by atoms with E-state index in [0.29, 0.717) is 0 Å². The quantitative estimate of drug-likeness (QED) is 0.552. The van der Waals surface area contributed by atoms with Gasteiger partial charge < -0.3 is 14.6 Å². The van der Waals surface area contributed by atoms with Crippen LogP contribution in [0.15, 0.2) is 0 Å². The summed E-state index contributed by atoms with van der Waals surface area (Å²) in [6.07, 6.45) is 1.33. The van der Waals surface area contributed by atoms with E-state index in [9.17, 15) is 0 Å². The second kappa shape index (κ2) is 6.01. The van der Waals surface area contributed by atoms with Gasteiger partial charge in [0.05, 0.1) is 0 Å². The largest absolute Gasteiger partial charge is 0.396 e. The summed E-state index contributed by atoms with van der Waals surface area (Å²) in [6, 6.07) is 0. The van der Waals surface area contributed by atoms with Crippen LogP contribution in [0.5, 0.6) is 0 Å². The predicted octanol–water partition coefficient (Wildman–Crippen LogP) is 0.378. The van der Waals surface area contributed by atoms with Gasteiger partial charge in [0.2, 0.25) is 0 Å². The average molecular weight is 134 g/mol. The molecule has 0 amide bonds. The van der Waals surface area contributed by atoms with Gasteiger partial charge in [0, 0.05) is 27.2 Å². The van der Waals surface area contributed by atoms with Gasteiger partial charge >= 0.3 is 0 Å². The molecule has 3 nitrogen and oxygen atoms in total. The van der Waals surface area contributed by atoms with Gasteiger partial charge in [0.1, 0.15) is 0 Å². The van der Waals surface area contributed by atoms with Crippen molar-refractivity contribution in [2.75, 3.05) is 20.8 Å². The number of methoxy groups -OCH3 is 2. The Morgan fingerprint density at radius 2 is 1.89 bits per heavy atom. The normalized spacial score (nSPS) is 10.7. The van der Waals surface area contributed by atoms with E-state index in [1.807, 2.05) is 0 Å². The Balaban J connectivity index is 3.09. The SMILES string of the molecule is COC(CCCO)OC. The van der Waals surface area contributed by atoms with Crippen molar-refractivity contribution < 1.29 is 14.6 Å². The number of hydrogen-bond acceptors (Lipinski definition) is 3. The molecule has 0 aromatic rings. The molecule has 9 heavy (non-hydrogen) atoms. The van der Waals surface area contributed by atoms with Gasteiger partial charge in [-0.25, -0.2) is 0 Å². The maximum absolute atomic E-state index is 8.40. The Morgan fingerprint density at radius 3 is 2.22 bits per heavy atom. The van der Waals surface area contributed by atoms with E-state index >= 15 is 0 Å². The lowest BCUT2D eigenvalue weighted by Crippen LogP contribution is -2.12. The molecule has 0 atom stereocenters. The standard InChI is InChI=1S/C6H14O3/c1-8-6(9-2)4-3-5-7/h6-7H,3-5H2,1-2H3. The first-order valence-electron chi connectivity index (χ1n) is 3.01. The molecule has 0 saturated heterocycles. The summed E-state index contributed by atoms with van der Waals surface area (Å²) in [5.41, 5.74) is 0. The van der Waals surface area contributed by atoms with Crippen molar-refractivity contribution in [3.8, 4) is 0 Å². The summed E-state index contributed by atoms with van der Waals surface area (Å²) in [5, 5.41) is 8.40. The summed E-state index contributed by atoms with van der Waals surface area (Å²) in [7, 11) is 3.18. The van der Waals surface area contributed by atoms with Crippen LogP contribution in [-0.2, 0) is 9.47 Å². The first-order valence-corrected chi connectivity index (χ1v) is 3.01. The minimum atomic E-state index is -0.155. The van der Waals surface area contributed by atoms with Gasteiger partial charge in [0.25, 0.3) is 0 Å². The second-order valence-electron chi connectivity index (χ2n) is 1.77. The zero-order valence-electron chi connectivity index (χ0n) is 5.96. The molecule has 0 spiro atoms. The second-order valence-corrected chi connectivity index (χ2v) is 1.77. The molecule has 0 aromatic heterocycles. The van der Waals surface area contributed by atoms with Crippen molar-refractivity contribution in [3.05, 3.63) is 0 Å². The lowest BCUT2D eigenvalue weighted by molar-refractivity contribution is -0.108. The molecule has 1 N–H and O–H groups in total. The fourth-order valence-electron chi connectivity index (χ4n) is 0.590. The summed E-state index contributed by atoms with van der Waals surface area (Å²) in [4.78, 5) is 0. The zero-order valence-corrected chi connectivity index (χ0v) is 5.96. The number of aliphatic hydroxyl groups is 1. The molecule has 0 rings (SSSR count). The first kappa shape index (κ1) is 8.88. The Labute approximate surface area is 55.6 Å². The lowest BCUT2D eigenvalue weighted by atomic mass is 10.3. The van der Waals surface area contributed by atoms with Crippen molar-refractivity contribution in [1.29, 1.82) is 0 Å². The highest BCUT2D eigenvalue weighted by atomic mass is 16.7. The van der Waals surface area contributed by atoms with Gasteiger partial charge in [-0.05, 0) is 6.42 Å². The van der Waals surface area contributed by atoms with Crippen LogP contribution >= 0.6 is 0 Å². The van der Waals surface area contributed by atoms with Gasteiger partial charge in [0.15, 0.2) is 6.29 Å². The van der Waals surface area contributed by atoms with Crippen LogP contribution in [-0.4, -0.2) is 32.2 Å². The van der Waals surface area contributed by atoms with Gasteiger partial charge in [-0.2, -0.15) is 0 Å². The minimum Gasteiger partial charge on any atom is -0.396 e. The highest BCUT2D eigenvalue weighted by molar-refractivity contribution is 4.41. The van der Waals surface area contributed by atoms with E-state index in [-0.39, 0.29) is 12.9 Å². The summed E-state index contributed by atoms with van der Waals surface area (Å²) < 4.78 is 9.74. The summed E-state index contributed by atoms with van der Waals surface area (Å²) >= 11 is 0. The third-order valence-electron chi connectivity index (χ3n) is 1.12. The summed E-state index contributed by atoms with van der Waals surface area (Å²) in [6.45, 7) is 0.198. The van der Waals surface area contributed by atoms with Gasteiger partial charge in [-0.1, -0.05) is 0 Å². The van der Waals surface area contributed by atoms with Crippen molar-refractivity contribution in [2.45, 2.75) is 19.1 Å². The molecule has 0 bridgehead atoms. The molecule has 0 heterocycles. The van der Waals surface area contributed by atoms with Crippen molar-refractivity contribution in [1.82, 2.24) is 0 Å². The summed E-state index contributed by atoms with van der Waals surface area (Å²) in [5.74, 6) is 0. The molecule has 0 unspecified atom stereocenters. The fourth-order valence-corrected chi connectivity index (χ4v) is 0.590. The monoisotopic (exact) mass is 134 g/mol. The lowest BCUT2D eigenvalue weighted by Gasteiger charge is -2.11. The Kier molecular flexibility index (Phi) is 5.93. The molecule has 3 heteroatoms. The minimum absolute atomic E-state index is 0.155. The molecule has 0 fully saturated rings. The highest BCUT2D eigenvalue weighted by Gasteiger charge is 2.01. The Hall–Kier alpha value is -0.120. The highest BCUT2D eigenvalue weighted by Crippen LogP contribution is 1.99. The van der Waals surface area contributed by atoms with E-state index < -0.39 is 0 Å². The average Bonchev–Trinajstić information content (AvgIpc) is 1.91. The van der Waals surface area contributed by atoms with Crippen molar-refractivity contribution in [2.24, 2.45) is 0 Å². The maximum atomic E-state index is 8.40. The van der Waals surface area contributed by atoms with Crippen LogP contribution in [0, 0.1) is 0 Å². The molecule has 0 aromatic carbocycles. The van der Waals surface area contributed by atoms with Crippen LogP contribution < -0.4 is 0 Å². The van der Waals surface area contributed by atoms with Crippen molar-refractivity contribution >= 4 is 0 Å². The number of aliphatic hydroxyl groups excluding tert-OH is 1. The molecule has 0 aliphatic heterocycles. The smallest absolute Gasteiger partial charge is 0.156 e. The molecular formula is C6H14O3. The van der Waals surface area contributed by atoms with Crippen LogP contribution in [0.1, 0.15) is 12.8 Å². The first-order chi connectivity index (χ1) is 4.35. The van der Waals surface area contributed by atoms with E-state index in [0.717, 1.165) is 12.8 Å². The number of hydrogen-bond donors (Lipinski definition) is 1. The van der Waals surface area contributed by atoms with E-state index in [4.69, 9.17) is 14.6 Å². The van der Waals surface area contributed by atoms with E-state index in [1.165, 1.54) is 0 Å². The van der Waals surface area contributed by atoms with Crippen LogP contribution in [0.4, 0.5) is 0 Å². The molecular weight excluding hydrogens is 120 g/mol. The maximum Gasteiger partial charge on any atom is 0.156 e. The Bertz CT molecular complexity index is 52.3.